The topological polar surface area (TPSA) is 180 Å². The molecule has 0 aromatic carbocycles. The van der Waals surface area contributed by atoms with Gasteiger partial charge in [0.15, 0.2) is 11.3 Å². The van der Waals surface area contributed by atoms with Gasteiger partial charge in [0.2, 0.25) is 11.6 Å². The molecule has 11 heteroatoms. The van der Waals surface area contributed by atoms with Gasteiger partial charge in [-0.15, -0.1) is 4.91 Å². The molecular weight excluding hydrogens is 498 g/mol. The third-order valence-electron chi connectivity index (χ3n) is 10.3. The van der Waals surface area contributed by atoms with Crippen LogP contribution in [0.3, 0.4) is 0 Å². The Morgan fingerprint density at radius 1 is 1.18 bits per heavy atom. The van der Waals surface area contributed by atoms with Crippen molar-refractivity contribution in [1.29, 1.82) is 0 Å². The van der Waals surface area contributed by atoms with Crippen LogP contribution in [0.15, 0.2) is 16.3 Å². The number of carbonyl (C=O) groups is 3. The molecule has 212 valence electrons. The molecule has 2 bridgehead atoms. The molecule has 9 atom stereocenters. The number of carbonyl (C=O) groups excluding carboxylic acids is 3. The second-order valence-electron chi connectivity index (χ2n) is 12.9. The van der Waals surface area contributed by atoms with Crippen LogP contribution in [0, 0.1) is 27.6 Å². The van der Waals surface area contributed by atoms with Crippen molar-refractivity contribution in [3.05, 3.63) is 16.1 Å². The van der Waals surface area contributed by atoms with Gasteiger partial charge in [-0.05, 0) is 44.8 Å². The smallest absolute Gasteiger partial charge is 0.231 e. The van der Waals surface area contributed by atoms with Gasteiger partial charge in [0.1, 0.15) is 18.3 Å². The maximum absolute atomic E-state index is 14.0. The highest BCUT2D eigenvalue weighted by Crippen LogP contribution is 2.64. The van der Waals surface area contributed by atoms with Gasteiger partial charge in [-0.2, -0.15) is 0 Å². The standard InChI is InChI=1S/C27H39NO10/c1-12-15(37-10-14(29)21(32)24(5,6)28-36)9-27(35)13(2)20-25(7,16(30)8-17-26(20,34)11-38-17)22(33)19(31)18(12)23(27,3)4/h13,15-17,19-20,30-31,34-35H,8-11H2,1-7H3. The van der Waals surface area contributed by atoms with Crippen molar-refractivity contribution in [3.63, 3.8) is 0 Å². The van der Waals surface area contributed by atoms with Gasteiger partial charge in [-0.3, -0.25) is 14.4 Å². The van der Waals surface area contributed by atoms with Gasteiger partial charge in [-0.25, -0.2) is 0 Å². The zero-order valence-electron chi connectivity index (χ0n) is 23.0. The Morgan fingerprint density at radius 3 is 2.32 bits per heavy atom. The van der Waals surface area contributed by atoms with E-state index >= 15 is 0 Å². The summed E-state index contributed by atoms with van der Waals surface area (Å²) in [7, 11) is 0. The predicted octanol–water partition coefficient (Wildman–Crippen LogP) is 0.629. The molecule has 0 amide bonds. The number of nitroso groups, excluding NO2 is 1. The van der Waals surface area contributed by atoms with Crippen LogP contribution < -0.4 is 0 Å². The number of aliphatic hydroxyl groups excluding tert-OH is 2. The first-order chi connectivity index (χ1) is 17.3. The third-order valence-corrected chi connectivity index (χ3v) is 10.3. The van der Waals surface area contributed by atoms with E-state index in [1.54, 1.807) is 27.7 Å². The Hall–Kier alpha value is -1.89. The van der Waals surface area contributed by atoms with E-state index in [1.807, 2.05) is 0 Å². The average molecular weight is 538 g/mol. The van der Waals surface area contributed by atoms with Gasteiger partial charge in [0.25, 0.3) is 0 Å². The summed E-state index contributed by atoms with van der Waals surface area (Å²) in [4.78, 5) is 49.9. The van der Waals surface area contributed by atoms with Gasteiger partial charge in [0, 0.05) is 24.2 Å². The Bertz CT molecular complexity index is 1110. The number of ether oxygens (including phenoxy) is 2. The largest absolute Gasteiger partial charge is 0.392 e. The summed E-state index contributed by atoms with van der Waals surface area (Å²) in [5, 5.41) is 49.5. The van der Waals surface area contributed by atoms with Crippen LogP contribution in [0.1, 0.15) is 61.3 Å². The number of fused-ring (bicyclic) bond motifs is 5. The van der Waals surface area contributed by atoms with Crippen LogP contribution in [0.25, 0.3) is 0 Å². The number of rotatable bonds is 6. The number of ketones is 3. The lowest BCUT2D eigenvalue weighted by Gasteiger charge is -2.67. The van der Waals surface area contributed by atoms with Crippen LogP contribution in [0.5, 0.6) is 0 Å². The van der Waals surface area contributed by atoms with Gasteiger partial charge >= 0.3 is 0 Å². The van der Waals surface area contributed by atoms with Crippen molar-refractivity contribution in [2.45, 2.75) is 102 Å². The van der Waals surface area contributed by atoms with Crippen molar-refractivity contribution in [2.75, 3.05) is 13.2 Å². The van der Waals surface area contributed by atoms with E-state index in [4.69, 9.17) is 9.47 Å². The lowest BCUT2D eigenvalue weighted by molar-refractivity contribution is -0.335. The fourth-order valence-electron chi connectivity index (χ4n) is 7.79. The lowest BCUT2D eigenvalue weighted by atomic mass is 9.43. The zero-order chi connectivity index (χ0) is 28.8. The van der Waals surface area contributed by atoms with Gasteiger partial charge in [0.05, 0.1) is 35.9 Å². The van der Waals surface area contributed by atoms with E-state index in [1.165, 1.54) is 20.8 Å². The molecule has 11 nitrogen and oxygen atoms in total. The molecule has 3 fully saturated rings. The molecule has 38 heavy (non-hydrogen) atoms. The quantitative estimate of drug-likeness (QED) is 0.213. The van der Waals surface area contributed by atoms with E-state index in [0.29, 0.717) is 5.57 Å². The monoisotopic (exact) mass is 537 g/mol. The minimum absolute atomic E-state index is 0.0163. The van der Waals surface area contributed by atoms with Gasteiger partial charge in [-0.1, -0.05) is 25.9 Å². The first-order valence-corrected chi connectivity index (χ1v) is 13.0. The molecule has 1 saturated heterocycles. The normalized spacial score (nSPS) is 44.2. The van der Waals surface area contributed by atoms with Crippen LogP contribution in [0.4, 0.5) is 0 Å². The van der Waals surface area contributed by atoms with Crippen molar-refractivity contribution < 1.29 is 44.3 Å². The van der Waals surface area contributed by atoms with Crippen molar-refractivity contribution in [1.82, 2.24) is 0 Å². The van der Waals surface area contributed by atoms with E-state index in [2.05, 4.69) is 5.18 Å². The molecule has 0 aromatic heterocycles. The molecule has 1 heterocycles. The summed E-state index contributed by atoms with van der Waals surface area (Å²) < 4.78 is 11.4. The highest BCUT2D eigenvalue weighted by Gasteiger charge is 2.74. The molecule has 4 aliphatic rings. The lowest BCUT2D eigenvalue weighted by Crippen LogP contribution is -2.78. The fraction of sp³-hybridized carbons (Fsp3) is 0.815. The maximum Gasteiger partial charge on any atom is 0.231 e. The number of hydrogen-bond acceptors (Lipinski definition) is 11. The summed E-state index contributed by atoms with van der Waals surface area (Å²) in [6.45, 7) is 9.97. The SMILES string of the molecule is CC1=C2C(O)C(=O)C3(C)C(O)CC4OCC4(O)C3C(C)C(O)(CC1OCC(=O)C(=O)C(C)(C)N=O)C2(C)C. The average Bonchev–Trinajstić information content (AvgIpc) is 2.84. The molecule has 9 unspecified atom stereocenters. The first kappa shape index (κ1) is 29.1. The minimum atomic E-state index is -1.76. The van der Waals surface area contributed by atoms with E-state index in [9.17, 15) is 39.7 Å². The highest BCUT2D eigenvalue weighted by atomic mass is 16.6. The summed E-state index contributed by atoms with van der Waals surface area (Å²) in [5.41, 5.74) is -7.04. The molecule has 4 rings (SSSR count). The molecule has 0 spiro atoms. The summed E-state index contributed by atoms with van der Waals surface area (Å²) in [6.07, 6.45) is -4.69. The molecule has 3 aliphatic carbocycles. The van der Waals surface area contributed by atoms with Gasteiger partial charge < -0.3 is 29.9 Å². The van der Waals surface area contributed by atoms with Crippen molar-refractivity contribution in [2.24, 2.45) is 27.8 Å². The minimum Gasteiger partial charge on any atom is -0.392 e. The Kier molecular flexibility index (Phi) is 6.74. The Morgan fingerprint density at radius 2 is 1.79 bits per heavy atom. The van der Waals surface area contributed by atoms with Crippen molar-refractivity contribution in [3.8, 4) is 0 Å². The molecule has 4 N–H and O–H groups in total. The summed E-state index contributed by atoms with van der Waals surface area (Å²) >= 11 is 0. The molecule has 0 aromatic rings. The summed E-state index contributed by atoms with van der Waals surface area (Å²) in [6, 6.07) is 0. The van der Waals surface area contributed by atoms with E-state index < -0.39 is 87.8 Å². The van der Waals surface area contributed by atoms with Crippen LogP contribution in [-0.2, 0) is 23.9 Å². The van der Waals surface area contributed by atoms with Crippen LogP contribution >= 0.6 is 0 Å². The molecule has 1 aliphatic heterocycles. The second kappa shape index (κ2) is 8.81. The number of aliphatic hydroxyl groups is 4. The number of hydrogen-bond donors (Lipinski definition) is 4. The molecular formula is C27H39NO10. The second-order valence-corrected chi connectivity index (χ2v) is 12.9. The zero-order valence-corrected chi connectivity index (χ0v) is 23.0. The molecule has 0 radical (unpaired) electrons. The van der Waals surface area contributed by atoms with E-state index in [0.717, 1.165) is 0 Å². The Balaban J connectivity index is 1.80. The van der Waals surface area contributed by atoms with Crippen LogP contribution in [-0.4, -0.2) is 92.1 Å². The summed E-state index contributed by atoms with van der Waals surface area (Å²) in [5.74, 6) is -4.42. The fourth-order valence-corrected chi connectivity index (χ4v) is 7.79. The molecule has 2 saturated carbocycles. The first-order valence-electron chi connectivity index (χ1n) is 13.0. The maximum atomic E-state index is 14.0. The van der Waals surface area contributed by atoms with Crippen molar-refractivity contribution >= 4 is 17.3 Å². The van der Waals surface area contributed by atoms with E-state index in [-0.39, 0.29) is 25.0 Å². The number of Topliss-reactive ketones (excluding diaryl/α,β-unsaturated/α-hetero) is 3. The van der Waals surface area contributed by atoms with Crippen LogP contribution in [0.2, 0.25) is 0 Å². The highest BCUT2D eigenvalue weighted by molar-refractivity contribution is 6.41. The predicted molar refractivity (Wildman–Crippen MR) is 133 cm³/mol. The Labute approximate surface area is 221 Å². The third kappa shape index (κ3) is 3.59. The number of nitrogens with zero attached hydrogens (tertiary/aromatic N) is 1.